The van der Waals surface area contributed by atoms with Crippen LogP contribution in [-0.4, -0.2) is 33.3 Å². The molecule has 1 heterocycles. The van der Waals surface area contributed by atoms with E-state index < -0.39 is 0 Å². The Bertz CT molecular complexity index is 368. The minimum atomic E-state index is -0.0226. The van der Waals surface area contributed by atoms with Gasteiger partial charge in [0.2, 0.25) is 0 Å². The van der Waals surface area contributed by atoms with Crippen molar-refractivity contribution in [2.45, 2.75) is 6.92 Å². The van der Waals surface area contributed by atoms with Gasteiger partial charge >= 0.3 is 0 Å². The van der Waals surface area contributed by atoms with Crippen LogP contribution >= 0.6 is 11.6 Å². The van der Waals surface area contributed by atoms with Gasteiger partial charge in [0.25, 0.3) is 0 Å². The third kappa shape index (κ3) is 2.81. The second-order valence-electron chi connectivity index (χ2n) is 2.71. The van der Waals surface area contributed by atoms with Crippen LogP contribution in [0.25, 0.3) is 5.76 Å². The van der Waals surface area contributed by atoms with Crippen LogP contribution in [0, 0.1) is 0 Å². The lowest BCUT2D eigenvalue weighted by Gasteiger charge is -2.08. The van der Waals surface area contributed by atoms with Gasteiger partial charge in [0.1, 0.15) is 28.6 Å². The second-order valence-corrected chi connectivity index (χ2v) is 3.09. The van der Waals surface area contributed by atoms with Crippen molar-refractivity contribution >= 4 is 23.2 Å². The van der Waals surface area contributed by atoms with Gasteiger partial charge in [-0.15, -0.1) is 0 Å². The van der Waals surface area contributed by atoms with Crippen LogP contribution in [0.2, 0.25) is 5.02 Å². The number of rotatable bonds is 4. The van der Waals surface area contributed by atoms with Gasteiger partial charge in [-0.25, -0.2) is 9.97 Å². The lowest BCUT2D eigenvalue weighted by Crippen LogP contribution is -2.08. The molecule has 0 fully saturated rings. The predicted molar refractivity (Wildman–Crippen MR) is 58.9 cm³/mol. The number of nitrogens with one attached hydrogen (secondary N) is 1. The molecular weight excluding hydrogens is 218 g/mol. The maximum Gasteiger partial charge on any atom is 0.149 e. The third-order valence-electron chi connectivity index (χ3n) is 1.71. The zero-order valence-corrected chi connectivity index (χ0v) is 8.99. The summed E-state index contributed by atoms with van der Waals surface area (Å²) in [6.07, 6.45) is 2.78. The smallest absolute Gasteiger partial charge is 0.149 e. The van der Waals surface area contributed by atoms with Crippen molar-refractivity contribution in [2.75, 3.05) is 18.5 Å². The average molecular weight is 230 g/mol. The Morgan fingerprint density at radius 2 is 2.33 bits per heavy atom. The summed E-state index contributed by atoms with van der Waals surface area (Å²) in [5, 5.41) is 21.2. The summed E-state index contributed by atoms with van der Waals surface area (Å²) in [6.45, 7) is 1.99. The first-order valence-electron chi connectivity index (χ1n) is 4.41. The molecule has 1 aromatic rings. The van der Waals surface area contributed by atoms with E-state index >= 15 is 0 Å². The van der Waals surface area contributed by atoms with Crippen molar-refractivity contribution in [3.05, 3.63) is 23.1 Å². The largest absolute Gasteiger partial charge is 0.506 e. The lowest BCUT2D eigenvalue weighted by atomic mass is 10.3. The highest BCUT2D eigenvalue weighted by Gasteiger charge is 2.11. The number of nitrogens with zero attached hydrogens (tertiary/aromatic N) is 2. The first-order chi connectivity index (χ1) is 7.20. The Kier molecular flexibility index (Phi) is 4.33. The molecule has 0 radical (unpaired) electrons. The zero-order chi connectivity index (χ0) is 11.3. The van der Waals surface area contributed by atoms with Crippen molar-refractivity contribution in [3.63, 3.8) is 0 Å². The van der Waals surface area contributed by atoms with Gasteiger partial charge in [-0.05, 0) is 13.0 Å². The number of allylic oxidation sites excluding steroid dienone is 1. The maximum atomic E-state index is 9.47. The molecule has 0 atom stereocenters. The van der Waals surface area contributed by atoms with Crippen LogP contribution in [0.15, 0.2) is 12.4 Å². The van der Waals surface area contributed by atoms with E-state index in [1.807, 2.05) is 0 Å². The molecule has 15 heavy (non-hydrogen) atoms. The maximum absolute atomic E-state index is 9.47. The molecule has 3 N–H and O–H groups in total. The summed E-state index contributed by atoms with van der Waals surface area (Å²) in [4.78, 5) is 7.74. The summed E-state index contributed by atoms with van der Waals surface area (Å²) in [5.41, 5.74) is 0.273. The average Bonchev–Trinajstić information content (AvgIpc) is 2.27. The van der Waals surface area contributed by atoms with Crippen LogP contribution in [0.4, 0.5) is 5.82 Å². The van der Waals surface area contributed by atoms with Crippen LogP contribution in [0.5, 0.6) is 0 Å². The Morgan fingerprint density at radius 3 is 2.93 bits per heavy atom. The molecule has 0 unspecified atom stereocenters. The Labute approximate surface area is 92.4 Å². The van der Waals surface area contributed by atoms with Gasteiger partial charge in [0, 0.05) is 6.54 Å². The number of aromatic nitrogens is 2. The van der Waals surface area contributed by atoms with Gasteiger partial charge in [0.15, 0.2) is 0 Å². The van der Waals surface area contributed by atoms with Crippen LogP contribution in [0.3, 0.4) is 0 Å². The fraction of sp³-hybridized carbons (Fsp3) is 0.333. The van der Waals surface area contributed by atoms with E-state index in [-0.39, 0.29) is 23.1 Å². The van der Waals surface area contributed by atoms with Crippen molar-refractivity contribution in [1.82, 2.24) is 9.97 Å². The summed E-state index contributed by atoms with van der Waals surface area (Å²) in [5.74, 6) is 0.388. The number of aliphatic hydroxyl groups is 2. The molecule has 5 nitrogen and oxygen atoms in total. The van der Waals surface area contributed by atoms with Crippen molar-refractivity contribution in [3.8, 4) is 0 Å². The number of hydrogen-bond donors (Lipinski definition) is 3. The van der Waals surface area contributed by atoms with Crippen LogP contribution < -0.4 is 5.32 Å². The summed E-state index contributed by atoms with van der Waals surface area (Å²) < 4.78 is 0. The van der Waals surface area contributed by atoms with E-state index in [4.69, 9.17) is 16.7 Å². The molecule has 0 spiro atoms. The summed E-state index contributed by atoms with van der Waals surface area (Å²) in [6, 6.07) is 0. The van der Waals surface area contributed by atoms with E-state index in [1.165, 1.54) is 12.4 Å². The van der Waals surface area contributed by atoms with E-state index in [9.17, 15) is 5.11 Å². The van der Waals surface area contributed by atoms with Crippen molar-refractivity contribution in [1.29, 1.82) is 0 Å². The quantitative estimate of drug-likeness (QED) is 0.682. The Morgan fingerprint density at radius 1 is 1.60 bits per heavy atom. The van der Waals surface area contributed by atoms with Gasteiger partial charge in [-0.3, -0.25) is 0 Å². The second kappa shape index (κ2) is 5.53. The Balaban J connectivity index is 3.00. The first kappa shape index (κ1) is 11.7. The molecule has 1 rings (SSSR count). The highest BCUT2D eigenvalue weighted by atomic mass is 35.5. The normalized spacial score (nSPS) is 11.5. The summed E-state index contributed by atoms with van der Waals surface area (Å²) >= 11 is 5.95. The molecule has 0 aliphatic carbocycles. The molecule has 0 amide bonds. The highest BCUT2D eigenvalue weighted by molar-refractivity contribution is 6.34. The van der Waals surface area contributed by atoms with E-state index in [0.29, 0.717) is 12.4 Å². The number of hydrogen-bond acceptors (Lipinski definition) is 5. The van der Waals surface area contributed by atoms with E-state index in [0.717, 1.165) is 0 Å². The molecule has 0 aliphatic rings. The standard InChI is InChI=1S/C9H12ClN3O2/c1-2-6(15)8-7(10)9(11-3-4-14)13-5-12-8/h2,5,14-15H,3-4H2,1H3,(H,11,12,13)/b6-2+. The molecule has 0 aliphatic heterocycles. The first-order valence-corrected chi connectivity index (χ1v) is 4.79. The number of aliphatic hydroxyl groups excluding tert-OH is 2. The highest BCUT2D eigenvalue weighted by Crippen LogP contribution is 2.25. The van der Waals surface area contributed by atoms with Gasteiger partial charge in [-0.2, -0.15) is 0 Å². The fourth-order valence-electron chi connectivity index (χ4n) is 0.983. The lowest BCUT2D eigenvalue weighted by molar-refractivity contribution is 0.311. The van der Waals surface area contributed by atoms with Crippen LogP contribution in [-0.2, 0) is 0 Å². The van der Waals surface area contributed by atoms with Crippen molar-refractivity contribution in [2.24, 2.45) is 0 Å². The topological polar surface area (TPSA) is 78.3 Å². The SMILES string of the molecule is C/C=C(/O)c1ncnc(NCCO)c1Cl. The van der Waals surface area contributed by atoms with Crippen molar-refractivity contribution < 1.29 is 10.2 Å². The number of halogens is 1. The molecular formula is C9H12ClN3O2. The number of anilines is 1. The fourth-order valence-corrected chi connectivity index (χ4v) is 1.24. The monoisotopic (exact) mass is 229 g/mol. The molecule has 0 bridgehead atoms. The minimum Gasteiger partial charge on any atom is -0.506 e. The van der Waals surface area contributed by atoms with Gasteiger partial charge in [-0.1, -0.05) is 11.6 Å². The zero-order valence-electron chi connectivity index (χ0n) is 8.24. The molecule has 0 saturated heterocycles. The molecule has 0 saturated carbocycles. The minimum absolute atomic E-state index is 0.00514. The molecule has 0 aromatic carbocycles. The van der Waals surface area contributed by atoms with Gasteiger partial charge in [0.05, 0.1) is 6.61 Å². The molecule has 1 aromatic heterocycles. The third-order valence-corrected chi connectivity index (χ3v) is 2.07. The van der Waals surface area contributed by atoms with E-state index in [2.05, 4.69) is 15.3 Å². The van der Waals surface area contributed by atoms with E-state index in [1.54, 1.807) is 6.92 Å². The molecule has 82 valence electrons. The van der Waals surface area contributed by atoms with Crippen LogP contribution in [0.1, 0.15) is 12.6 Å². The predicted octanol–water partition coefficient (Wildman–Crippen LogP) is 1.45. The Hall–Kier alpha value is -1.33. The van der Waals surface area contributed by atoms with Gasteiger partial charge < -0.3 is 15.5 Å². The summed E-state index contributed by atoms with van der Waals surface area (Å²) in [7, 11) is 0. The molecule has 6 heteroatoms.